The Morgan fingerprint density at radius 2 is 2.08 bits per heavy atom. The molecular weight excluding hydrogens is 162 g/mol. The zero-order valence-corrected chi connectivity index (χ0v) is 7.99. The predicted molar refractivity (Wildman–Crippen MR) is 52.0 cm³/mol. The lowest BCUT2D eigenvalue weighted by Gasteiger charge is -2.08. The predicted octanol–water partition coefficient (Wildman–Crippen LogP) is 2.75. The second-order valence-electron chi connectivity index (χ2n) is 3.62. The molecule has 1 saturated carbocycles. The third-order valence-corrected chi connectivity index (χ3v) is 2.79. The van der Waals surface area contributed by atoms with Crippen molar-refractivity contribution in [2.24, 2.45) is 0 Å². The molecule has 0 atom stereocenters. The van der Waals surface area contributed by atoms with Gasteiger partial charge in [0.2, 0.25) is 5.88 Å². The Hall–Kier alpha value is -1.05. The summed E-state index contributed by atoms with van der Waals surface area (Å²) in [5.74, 6) is 1.46. The maximum atomic E-state index is 5.02. The minimum absolute atomic E-state index is 0.710. The first-order valence-electron chi connectivity index (χ1n) is 4.90. The molecule has 2 heteroatoms. The van der Waals surface area contributed by atoms with Crippen LogP contribution in [0.4, 0.5) is 0 Å². The summed E-state index contributed by atoms with van der Waals surface area (Å²) in [4.78, 5) is 4.22. The van der Waals surface area contributed by atoms with Crippen molar-refractivity contribution in [2.75, 3.05) is 7.11 Å². The lowest BCUT2D eigenvalue weighted by Crippen LogP contribution is -1.94. The van der Waals surface area contributed by atoms with Crippen molar-refractivity contribution in [3.05, 3.63) is 23.9 Å². The van der Waals surface area contributed by atoms with E-state index in [2.05, 4.69) is 11.1 Å². The summed E-state index contributed by atoms with van der Waals surface area (Å²) < 4.78 is 5.02. The topological polar surface area (TPSA) is 22.1 Å². The largest absolute Gasteiger partial charge is 0.481 e. The Morgan fingerprint density at radius 1 is 1.31 bits per heavy atom. The van der Waals surface area contributed by atoms with E-state index < -0.39 is 0 Å². The van der Waals surface area contributed by atoms with Crippen molar-refractivity contribution >= 4 is 0 Å². The number of hydrogen-bond donors (Lipinski definition) is 0. The molecule has 0 radical (unpaired) electrons. The van der Waals surface area contributed by atoms with Crippen LogP contribution in [0.3, 0.4) is 0 Å². The zero-order valence-electron chi connectivity index (χ0n) is 7.99. The van der Waals surface area contributed by atoms with Gasteiger partial charge in [0.05, 0.1) is 7.11 Å². The molecule has 0 unspecified atom stereocenters. The SMILES string of the molecule is COc1ccc(C2CCCC2)cn1. The van der Waals surface area contributed by atoms with E-state index in [1.807, 2.05) is 12.3 Å². The molecule has 0 aromatic carbocycles. The molecule has 0 spiro atoms. The van der Waals surface area contributed by atoms with Crippen LogP contribution < -0.4 is 4.74 Å². The van der Waals surface area contributed by atoms with Crippen LogP contribution >= 0.6 is 0 Å². The van der Waals surface area contributed by atoms with Gasteiger partial charge in [0.1, 0.15) is 0 Å². The average molecular weight is 177 g/mol. The van der Waals surface area contributed by atoms with Crippen LogP contribution in [0.2, 0.25) is 0 Å². The fraction of sp³-hybridized carbons (Fsp3) is 0.545. The van der Waals surface area contributed by atoms with Crippen LogP contribution in [0.5, 0.6) is 5.88 Å². The van der Waals surface area contributed by atoms with E-state index in [0.29, 0.717) is 5.88 Å². The summed E-state index contributed by atoms with van der Waals surface area (Å²) >= 11 is 0. The summed E-state index contributed by atoms with van der Waals surface area (Å²) in [5, 5.41) is 0. The fourth-order valence-electron chi connectivity index (χ4n) is 2.01. The van der Waals surface area contributed by atoms with Gasteiger partial charge in [-0.3, -0.25) is 0 Å². The number of ether oxygens (including phenoxy) is 1. The monoisotopic (exact) mass is 177 g/mol. The van der Waals surface area contributed by atoms with Crippen LogP contribution in [0.25, 0.3) is 0 Å². The molecule has 0 amide bonds. The van der Waals surface area contributed by atoms with Crippen LogP contribution in [-0.4, -0.2) is 12.1 Å². The van der Waals surface area contributed by atoms with Gasteiger partial charge >= 0.3 is 0 Å². The van der Waals surface area contributed by atoms with E-state index in [-0.39, 0.29) is 0 Å². The highest BCUT2D eigenvalue weighted by Crippen LogP contribution is 2.33. The first kappa shape index (κ1) is 8.54. The van der Waals surface area contributed by atoms with Crippen LogP contribution in [0.15, 0.2) is 18.3 Å². The van der Waals surface area contributed by atoms with E-state index in [1.165, 1.54) is 31.2 Å². The first-order valence-corrected chi connectivity index (χ1v) is 4.90. The number of methoxy groups -OCH3 is 1. The number of rotatable bonds is 2. The van der Waals surface area contributed by atoms with Crippen molar-refractivity contribution in [1.82, 2.24) is 4.98 Å². The molecule has 1 aromatic heterocycles. The van der Waals surface area contributed by atoms with Crippen LogP contribution in [0.1, 0.15) is 37.2 Å². The summed E-state index contributed by atoms with van der Waals surface area (Å²) in [7, 11) is 1.65. The van der Waals surface area contributed by atoms with Crippen molar-refractivity contribution in [3.8, 4) is 5.88 Å². The lowest BCUT2D eigenvalue weighted by molar-refractivity contribution is 0.397. The Balaban J connectivity index is 2.12. The summed E-state index contributed by atoms with van der Waals surface area (Å²) in [6, 6.07) is 4.09. The molecule has 13 heavy (non-hydrogen) atoms. The summed E-state index contributed by atoms with van der Waals surface area (Å²) in [6.45, 7) is 0. The highest BCUT2D eigenvalue weighted by atomic mass is 16.5. The molecule has 1 aliphatic carbocycles. The molecule has 70 valence electrons. The highest BCUT2D eigenvalue weighted by Gasteiger charge is 2.16. The molecule has 2 nitrogen and oxygen atoms in total. The molecule has 1 aromatic rings. The zero-order chi connectivity index (χ0) is 9.10. The smallest absolute Gasteiger partial charge is 0.212 e. The third kappa shape index (κ3) is 1.82. The van der Waals surface area contributed by atoms with Crippen molar-refractivity contribution in [2.45, 2.75) is 31.6 Å². The molecule has 1 heterocycles. The van der Waals surface area contributed by atoms with Gasteiger partial charge < -0.3 is 4.74 Å². The van der Waals surface area contributed by atoms with Gasteiger partial charge in [0.15, 0.2) is 0 Å². The molecule has 0 saturated heterocycles. The van der Waals surface area contributed by atoms with Crippen molar-refractivity contribution in [1.29, 1.82) is 0 Å². The average Bonchev–Trinajstić information content (AvgIpc) is 2.71. The quantitative estimate of drug-likeness (QED) is 0.693. The minimum Gasteiger partial charge on any atom is -0.481 e. The van der Waals surface area contributed by atoms with E-state index in [1.54, 1.807) is 7.11 Å². The second kappa shape index (κ2) is 3.77. The second-order valence-corrected chi connectivity index (χ2v) is 3.62. The number of pyridine rings is 1. The van der Waals surface area contributed by atoms with Gasteiger partial charge in [-0.1, -0.05) is 18.9 Å². The van der Waals surface area contributed by atoms with E-state index in [0.717, 1.165) is 5.92 Å². The Labute approximate surface area is 78.9 Å². The van der Waals surface area contributed by atoms with E-state index in [9.17, 15) is 0 Å². The van der Waals surface area contributed by atoms with Crippen molar-refractivity contribution in [3.63, 3.8) is 0 Å². The fourth-order valence-corrected chi connectivity index (χ4v) is 2.01. The van der Waals surface area contributed by atoms with Gasteiger partial charge in [-0.2, -0.15) is 0 Å². The van der Waals surface area contributed by atoms with Gasteiger partial charge in [-0.25, -0.2) is 4.98 Å². The Morgan fingerprint density at radius 3 is 2.62 bits per heavy atom. The molecular formula is C11H15NO. The van der Waals surface area contributed by atoms with Crippen LogP contribution in [0, 0.1) is 0 Å². The van der Waals surface area contributed by atoms with Gasteiger partial charge in [0.25, 0.3) is 0 Å². The van der Waals surface area contributed by atoms with Crippen molar-refractivity contribution < 1.29 is 4.74 Å². The maximum Gasteiger partial charge on any atom is 0.212 e. The lowest BCUT2D eigenvalue weighted by atomic mass is 10.00. The number of nitrogens with zero attached hydrogens (tertiary/aromatic N) is 1. The van der Waals surface area contributed by atoms with Gasteiger partial charge in [0, 0.05) is 12.3 Å². The van der Waals surface area contributed by atoms with Crippen LogP contribution in [-0.2, 0) is 0 Å². The molecule has 0 N–H and O–H groups in total. The summed E-state index contributed by atoms with van der Waals surface area (Å²) in [6.07, 6.45) is 7.35. The standard InChI is InChI=1S/C11H15NO/c1-13-11-7-6-10(8-12-11)9-4-2-3-5-9/h6-9H,2-5H2,1H3. The molecule has 0 aliphatic heterocycles. The summed E-state index contributed by atoms with van der Waals surface area (Å²) in [5.41, 5.74) is 1.37. The minimum atomic E-state index is 0.710. The Bertz CT molecular complexity index is 262. The van der Waals surface area contributed by atoms with Gasteiger partial charge in [-0.15, -0.1) is 0 Å². The normalized spacial score (nSPS) is 17.6. The Kier molecular flexibility index (Phi) is 2.48. The molecule has 0 bridgehead atoms. The van der Waals surface area contributed by atoms with Gasteiger partial charge in [-0.05, 0) is 24.3 Å². The third-order valence-electron chi connectivity index (χ3n) is 2.79. The van der Waals surface area contributed by atoms with E-state index in [4.69, 9.17) is 4.74 Å². The number of hydrogen-bond acceptors (Lipinski definition) is 2. The molecule has 2 rings (SSSR count). The van der Waals surface area contributed by atoms with E-state index >= 15 is 0 Å². The highest BCUT2D eigenvalue weighted by molar-refractivity contribution is 5.21. The molecule has 1 aliphatic rings. The maximum absolute atomic E-state index is 5.02. The first-order chi connectivity index (χ1) is 6.40. The molecule has 1 fully saturated rings. The number of aromatic nitrogens is 1.